The van der Waals surface area contributed by atoms with Gasteiger partial charge >= 0.3 is 5.97 Å². The minimum atomic E-state index is -0.631. The number of pyridine rings is 1. The Morgan fingerprint density at radius 2 is 1.61 bits per heavy atom. The quantitative estimate of drug-likeness (QED) is 0.129. The lowest BCUT2D eigenvalue weighted by atomic mass is 9.75. The van der Waals surface area contributed by atoms with E-state index in [1.165, 1.54) is 30.4 Å². The number of methoxy groups -OCH3 is 2. The van der Waals surface area contributed by atoms with Gasteiger partial charge in [-0.1, -0.05) is 48.5 Å². The molecule has 4 aromatic rings. The number of carbonyl (C=O) groups is 3. The number of ether oxygens (including phenoxy) is 2. The first kappa shape index (κ1) is 38.5. The molecular weight excluding hydrogens is 717 g/mol. The first-order valence-corrected chi connectivity index (χ1v) is 20.4. The molecule has 2 amide bonds. The van der Waals surface area contributed by atoms with Gasteiger partial charge in [-0.3, -0.25) is 24.4 Å². The van der Waals surface area contributed by atoms with Crippen LogP contribution in [0.3, 0.4) is 0 Å². The number of imidazole rings is 1. The number of hydrogen-bond donors (Lipinski definition) is 2. The van der Waals surface area contributed by atoms with Gasteiger partial charge in [0.15, 0.2) is 0 Å². The van der Waals surface area contributed by atoms with E-state index in [2.05, 4.69) is 63.8 Å². The molecule has 2 aromatic carbocycles. The van der Waals surface area contributed by atoms with Crippen LogP contribution in [0.15, 0.2) is 90.4 Å². The average Bonchev–Trinajstić information content (AvgIpc) is 4.11. The van der Waals surface area contributed by atoms with E-state index in [4.69, 9.17) is 19.5 Å². The number of aromatic amines is 1. The summed E-state index contributed by atoms with van der Waals surface area (Å²) in [5, 5.41) is 3.26. The summed E-state index contributed by atoms with van der Waals surface area (Å²) in [7, 11) is 2.88. The Hall–Kier alpha value is -5.42. The van der Waals surface area contributed by atoms with Crippen molar-refractivity contribution < 1.29 is 23.9 Å². The molecule has 296 valence electrons. The first-order chi connectivity index (χ1) is 27.8. The molecule has 57 heavy (non-hydrogen) atoms. The highest BCUT2D eigenvalue weighted by Gasteiger charge is 2.52. The topological polar surface area (TPSA) is 139 Å². The molecule has 0 spiro atoms. The summed E-state index contributed by atoms with van der Waals surface area (Å²) in [6.45, 7) is 3.04. The molecule has 2 unspecified atom stereocenters. The summed E-state index contributed by atoms with van der Waals surface area (Å²) in [4.78, 5) is 58.4. The molecule has 1 saturated heterocycles. The van der Waals surface area contributed by atoms with E-state index in [1.807, 2.05) is 36.4 Å². The van der Waals surface area contributed by atoms with E-state index in [0.29, 0.717) is 24.9 Å². The maximum atomic E-state index is 13.7. The van der Waals surface area contributed by atoms with Crippen LogP contribution in [0.1, 0.15) is 74.9 Å². The molecule has 2 aliphatic carbocycles. The van der Waals surface area contributed by atoms with Crippen LogP contribution in [0.2, 0.25) is 0 Å². The van der Waals surface area contributed by atoms with Crippen molar-refractivity contribution in [3.8, 4) is 22.4 Å². The molecule has 4 heterocycles. The van der Waals surface area contributed by atoms with Gasteiger partial charge in [0, 0.05) is 62.8 Å². The van der Waals surface area contributed by atoms with Crippen LogP contribution in [0.4, 0.5) is 0 Å². The number of fused-ring (bicyclic) bond motifs is 2. The molecule has 3 fully saturated rings. The number of benzene rings is 2. The fraction of sp³-hybridized carbons (Fsp3) is 0.435. The molecule has 11 nitrogen and oxygen atoms in total. The van der Waals surface area contributed by atoms with Gasteiger partial charge in [-0.15, -0.1) is 0 Å². The van der Waals surface area contributed by atoms with Crippen LogP contribution in [0.5, 0.6) is 0 Å². The van der Waals surface area contributed by atoms with Gasteiger partial charge in [0.2, 0.25) is 11.8 Å². The number of amides is 2. The SMILES string of the molecule is COC(=O)C[C@H](C(=O)N1CCC[C@H]1c1ncc(-c2ccc(-c3ccc(C4=CN=C([C@@H]5C6CCC(C6)[C@H]5C(=O)NCCc5ccncc5)C4)cc3)cc2)[nH]1)[C@@H](C)OC. The third-order valence-corrected chi connectivity index (χ3v) is 12.9. The predicted molar refractivity (Wildman–Crippen MR) is 219 cm³/mol. The number of esters is 1. The summed E-state index contributed by atoms with van der Waals surface area (Å²) in [6.07, 6.45) is 13.7. The minimum Gasteiger partial charge on any atom is -0.469 e. The second-order valence-corrected chi connectivity index (χ2v) is 16.1. The maximum Gasteiger partial charge on any atom is 0.306 e. The molecule has 4 aliphatic rings. The molecule has 7 atom stereocenters. The lowest BCUT2D eigenvalue weighted by Crippen LogP contribution is -2.41. The average molecular weight is 769 g/mol. The van der Waals surface area contributed by atoms with E-state index in [9.17, 15) is 14.4 Å². The lowest BCUT2D eigenvalue weighted by Gasteiger charge is -2.30. The molecular formula is C46H52N6O5. The smallest absolute Gasteiger partial charge is 0.306 e. The summed E-state index contributed by atoms with van der Waals surface area (Å²) >= 11 is 0. The molecule has 2 aromatic heterocycles. The van der Waals surface area contributed by atoms with Gasteiger partial charge < -0.3 is 24.7 Å². The molecule has 11 heteroatoms. The zero-order valence-electron chi connectivity index (χ0n) is 33.0. The Bertz CT molecular complexity index is 2130. The van der Waals surface area contributed by atoms with Crippen LogP contribution in [-0.4, -0.2) is 76.8 Å². The highest BCUT2D eigenvalue weighted by Crippen LogP contribution is 2.54. The van der Waals surface area contributed by atoms with Crippen molar-refractivity contribution in [2.24, 2.45) is 34.6 Å². The third-order valence-electron chi connectivity index (χ3n) is 12.9. The van der Waals surface area contributed by atoms with Crippen molar-refractivity contribution in [3.63, 3.8) is 0 Å². The maximum absolute atomic E-state index is 13.7. The monoisotopic (exact) mass is 768 g/mol. The fourth-order valence-corrected chi connectivity index (χ4v) is 9.75. The number of aromatic nitrogens is 3. The largest absolute Gasteiger partial charge is 0.469 e. The Kier molecular flexibility index (Phi) is 11.5. The molecule has 8 rings (SSSR count). The van der Waals surface area contributed by atoms with Gasteiger partial charge in [0.1, 0.15) is 5.82 Å². The highest BCUT2D eigenvalue weighted by molar-refractivity contribution is 6.02. The minimum absolute atomic E-state index is 0.00931. The van der Waals surface area contributed by atoms with E-state index in [1.54, 1.807) is 19.5 Å². The number of carbonyl (C=O) groups excluding carboxylic acids is 3. The van der Waals surface area contributed by atoms with Crippen LogP contribution < -0.4 is 5.32 Å². The number of nitrogens with zero attached hydrogens (tertiary/aromatic N) is 4. The van der Waals surface area contributed by atoms with Crippen LogP contribution in [-0.2, 0) is 30.3 Å². The van der Waals surface area contributed by atoms with Crippen molar-refractivity contribution >= 4 is 29.1 Å². The fourth-order valence-electron chi connectivity index (χ4n) is 9.75. The van der Waals surface area contributed by atoms with Gasteiger partial charge in [-0.05, 0) is 103 Å². The van der Waals surface area contributed by atoms with Crippen molar-refractivity contribution in [2.45, 2.75) is 70.4 Å². The van der Waals surface area contributed by atoms with Crippen molar-refractivity contribution in [1.82, 2.24) is 25.2 Å². The van der Waals surface area contributed by atoms with Crippen LogP contribution in [0.25, 0.3) is 28.0 Å². The van der Waals surface area contributed by atoms with Crippen molar-refractivity contribution in [3.05, 3.63) is 102 Å². The van der Waals surface area contributed by atoms with Gasteiger partial charge in [0.05, 0.1) is 43.5 Å². The van der Waals surface area contributed by atoms with E-state index >= 15 is 0 Å². The van der Waals surface area contributed by atoms with Crippen LogP contribution in [0, 0.1) is 29.6 Å². The Morgan fingerprint density at radius 1 is 0.912 bits per heavy atom. The number of H-pyrrole nitrogens is 1. The van der Waals surface area contributed by atoms with Crippen molar-refractivity contribution in [2.75, 3.05) is 27.3 Å². The van der Waals surface area contributed by atoms with E-state index in [-0.39, 0.29) is 36.1 Å². The zero-order valence-corrected chi connectivity index (χ0v) is 33.0. The number of likely N-dealkylation sites (tertiary alicyclic amines) is 1. The van der Waals surface area contributed by atoms with Crippen LogP contribution >= 0.6 is 0 Å². The predicted octanol–water partition coefficient (Wildman–Crippen LogP) is 7.22. The van der Waals surface area contributed by atoms with Gasteiger partial charge in [0.25, 0.3) is 0 Å². The number of aliphatic imine (C=N–C) groups is 1. The summed E-state index contributed by atoms with van der Waals surface area (Å²) in [5.74, 6) is 0.963. The van der Waals surface area contributed by atoms with E-state index < -0.39 is 18.0 Å². The normalized spacial score (nSPS) is 23.6. The second-order valence-electron chi connectivity index (χ2n) is 16.1. The summed E-state index contributed by atoms with van der Waals surface area (Å²) in [5.41, 5.74) is 8.84. The van der Waals surface area contributed by atoms with Gasteiger partial charge in [-0.2, -0.15) is 0 Å². The number of nitrogens with one attached hydrogen (secondary N) is 2. The molecule has 2 saturated carbocycles. The molecule has 2 bridgehead atoms. The summed E-state index contributed by atoms with van der Waals surface area (Å²) in [6, 6.07) is 20.9. The Labute approximate surface area is 334 Å². The molecule has 2 N–H and O–H groups in total. The van der Waals surface area contributed by atoms with Gasteiger partial charge in [-0.25, -0.2) is 4.98 Å². The number of rotatable bonds is 14. The first-order valence-electron chi connectivity index (χ1n) is 20.4. The molecule has 2 aliphatic heterocycles. The lowest BCUT2D eigenvalue weighted by molar-refractivity contribution is -0.151. The number of allylic oxidation sites excluding steroid dienone is 1. The standard InChI is InChI=1S/C46H52N6O5/c1-28(56-2)37(25-41(53)57-3)46(55)52-22-4-5-40(52)44-50-27-39(51-44)33-12-10-31(11-13-33)30-6-8-32(9-7-30)36-24-38(49-26-36)42-34-14-15-35(23-34)43(42)45(54)48-21-18-29-16-19-47-20-17-29/h6-13,16-17,19-20,26-28,34-35,37,40,42-43H,4-5,14-15,18,21-25H2,1-3H3,(H,48,54)(H,50,51)/t28-,34?,35?,37+,40+,42+,43-/m1/s1. The molecule has 0 radical (unpaired) electrons. The van der Waals surface area contributed by atoms with Crippen molar-refractivity contribution in [1.29, 1.82) is 0 Å². The highest BCUT2D eigenvalue weighted by atomic mass is 16.5. The summed E-state index contributed by atoms with van der Waals surface area (Å²) < 4.78 is 10.3. The number of hydrogen-bond acceptors (Lipinski definition) is 8. The third kappa shape index (κ3) is 8.08. The Balaban J connectivity index is 0.878. The van der Waals surface area contributed by atoms with E-state index in [0.717, 1.165) is 72.3 Å². The zero-order chi connectivity index (χ0) is 39.5. The second kappa shape index (κ2) is 17.0. The Morgan fingerprint density at radius 3 is 2.33 bits per heavy atom.